The summed E-state index contributed by atoms with van der Waals surface area (Å²) in [5, 5.41) is 13.0. The van der Waals surface area contributed by atoms with Gasteiger partial charge in [-0.2, -0.15) is 10.4 Å². The van der Waals surface area contributed by atoms with Gasteiger partial charge in [-0.05, 0) is 28.1 Å². The zero-order chi connectivity index (χ0) is 12.3. The smallest absolute Gasteiger partial charge is 0.182 e. The van der Waals surface area contributed by atoms with Gasteiger partial charge in [-0.25, -0.2) is 4.98 Å². The fraction of sp³-hybridized carbons (Fsp3) is 0.182. The molecule has 0 N–H and O–H groups in total. The van der Waals surface area contributed by atoms with Crippen LogP contribution in [0, 0.1) is 11.3 Å². The average Bonchev–Trinajstić information content (AvgIpc) is 2.65. The summed E-state index contributed by atoms with van der Waals surface area (Å²) in [4.78, 5) is 3.92. The van der Waals surface area contributed by atoms with E-state index in [4.69, 9.17) is 10.00 Å². The van der Waals surface area contributed by atoms with E-state index in [9.17, 15) is 0 Å². The number of hydrogen-bond donors (Lipinski definition) is 0. The number of halogens is 1. The van der Waals surface area contributed by atoms with E-state index in [2.05, 4.69) is 26.0 Å². The summed E-state index contributed by atoms with van der Waals surface area (Å²) in [5.41, 5.74) is 1.20. The van der Waals surface area contributed by atoms with Gasteiger partial charge >= 0.3 is 0 Å². The number of hydrogen-bond acceptors (Lipinski definition) is 4. The molecule has 5 nitrogen and oxygen atoms in total. The maximum absolute atomic E-state index is 8.86. The fourth-order valence-electron chi connectivity index (χ4n) is 1.35. The molecule has 6 heteroatoms. The van der Waals surface area contributed by atoms with Crippen molar-refractivity contribution in [2.45, 2.75) is 6.61 Å². The van der Waals surface area contributed by atoms with E-state index < -0.39 is 0 Å². The van der Waals surface area contributed by atoms with E-state index >= 15 is 0 Å². The first-order valence-corrected chi connectivity index (χ1v) is 5.66. The maximum Gasteiger partial charge on any atom is 0.182 e. The largest absolute Gasteiger partial charge is 0.486 e. The summed E-state index contributed by atoms with van der Waals surface area (Å²) in [6.45, 7) is 0.342. The molecule has 0 aliphatic heterocycles. The van der Waals surface area contributed by atoms with Gasteiger partial charge in [0.1, 0.15) is 17.3 Å². The van der Waals surface area contributed by atoms with Gasteiger partial charge in [0, 0.05) is 25.0 Å². The number of pyridine rings is 1. The molecule has 2 aromatic heterocycles. The van der Waals surface area contributed by atoms with Crippen LogP contribution in [0.4, 0.5) is 0 Å². The second kappa shape index (κ2) is 4.97. The highest BCUT2D eigenvalue weighted by Crippen LogP contribution is 2.19. The molecule has 0 saturated carbocycles. The van der Waals surface area contributed by atoms with E-state index in [1.807, 2.05) is 19.3 Å². The molecule has 0 radical (unpaired) electrons. The van der Waals surface area contributed by atoms with E-state index in [1.54, 1.807) is 23.0 Å². The molecule has 0 aliphatic rings. The van der Waals surface area contributed by atoms with Gasteiger partial charge in [0.15, 0.2) is 11.4 Å². The van der Waals surface area contributed by atoms with Crippen molar-refractivity contribution < 1.29 is 4.74 Å². The van der Waals surface area contributed by atoms with Crippen molar-refractivity contribution in [1.82, 2.24) is 14.8 Å². The zero-order valence-corrected chi connectivity index (χ0v) is 10.7. The van der Waals surface area contributed by atoms with Crippen molar-refractivity contribution in [2.24, 2.45) is 7.05 Å². The van der Waals surface area contributed by atoms with Crippen LogP contribution in [0.3, 0.4) is 0 Å². The third-order valence-corrected chi connectivity index (χ3v) is 2.78. The van der Waals surface area contributed by atoms with E-state index in [1.165, 1.54) is 0 Å². The number of ether oxygens (including phenoxy) is 1. The van der Waals surface area contributed by atoms with Crippen LogP contribution in [0.2, 0.25) is 0 Å². The minimum absolute atomic E-state index is 0.285. The van der Waals surface area contributed by atoms with Crippen LogP contribution in [-0.4, -0.2) is 14.8 Å². The van der Waals surface area contributed by atoms with Crippen molar-refractivity contribution >= 4 is 15.9 Å². The standard InChI is InChI=1S/C11H9BrN4O/c1-16-6-8(11(12)15-16)7-17-10-3-2-4-14-9(10)5-13/h2-4,6H,7H2,1H3. The molecular weight excluding hydrogens is 284 g/mol. The van der Waals surface area contributed by atoms with Crippen LogP contribution in [0.15, 0.2) is 29.1 Å². The van der Waals surface area contributed by atoms with Crippen LogP contribution in [-0.2, 0) is 13.7 Å². The number of aromatic nitrogens is 3. The van der Waals surface area contributed by atoms with E-state index in [0.29, 0.717) is 12.4 Å². The first-order chi connectivity index (χ1) is 8.20. The lowest BCUT2D eigenvalue weighted by molar-refractivity contribution is 0.303. The van der Waals surface area contributed by atoms with Gasteiger partial charge in [0.05, 0.1) is 0 Å². The van der Waals surface area contributed by atoms with Gasteiger partial charge in [0.2, 0.25) is 0 Å². The predicted octanol–water partition coefficient (Wildman–Crippen LogP) is 2.03. The minimum Gasteiger partial charge on any atom is -0.486 e. The highest BCUT2D eigenvalue weighted by atomic mass is 79.9. The second-order valence-electron chi connectivity index (χ2n) is 3.37. The van der Waals surface area contributed by atoms with E-state index in [-0.39, 0.29) is 5.69 Å². The lowest BCUT2D eigenvalue weighted by atomic mass is 10.3. The van der Waals surface area contributed by atoms with Crippen LogP contribution < -0.4 is 4.74 Å². The molecule has 2 heterocycles. The Kier molecular flexibility index (Phi) is 3.40. The molecule has 0 amide bonds. The van der Waals surface area contributed by atoms with Crippen molar-refractivity contribution in [3.05, 3.63) is 40.4 Å². The monoisotopic (exact) mass is 292 g/mol. The Labute approximate surface area is 107 Å². The molecule has 2 rings (SSSR count). The van der Waals surface area contributed by atoms with Crippen LogP contribution in [0.5, 0.6) is 5.75 Å². The third kappa shape index (κ3) is 2.63. The lowest BCUT2D eigenvalue weighted by Crippen LogP contribution is -1.98. The topological polar surface area (TPSA) is 63.7 Å². The summed E-state index contributed by atoms with van der Waals surface area (Å²) in [6.07, 6.45) is 3.41. The summed E-state index contributed by atoms with van der Waals surface area (Å²) >= 11 is 3.33. The quantitative estimate of drug-likeness (QED) is 0.868. The maximum atomic E-state index is 8.86. The SMILES string of the molecule is Cn1cc(COc2cccnc2C#N)c(Br)n1. The van der Waals surface area contributed by atoms with Gasteiger partial charge in [-0.15, -0.1) is 0 Å². The summed E-state index contributed by atoms with van der Waals surface area (Å²) in [7, 11) is 1.83. The number of nitrogens with zero attached hydrogens (tertiary/aromatic N) is 4. The third-order valence-electron chi connectivity index (χ3n) is 2.11. The molecule has 0 saturated heterocycles. The molecule has 0 unspecified atom stereocenters. The summed E-state index contributed by atoms with van der Waals surface area (Å²) < 4.78 is 7.97. The Hall–Kier alpha value is -1.87. The highest BCUT2D eigenvalue weighted by molar-refractivity contribution is 9.10. The van der Waals surface area contributed by atoms with E-state index in [0.717, 1.165) is 10.2 Å². The van der Waals surface area contributed by atoms with Crippen LogP contribution in [0.1, 0.15) is 11.3 Å². The predicted molar refractivity (Wildman–Crippen MR) is 64.2 cm³/mol. The number of nitriles is 1. The van der Waals surface area contributed by atoms with Crippen molar-refractivity contribution in [3.63, 3.8) is 0 Å². The average molecular weight is 293 g/mol. The molecule has 0 spiro atoms. The van der Waals surface area contributed by atoms with Crippen molar-refractivity contribution in [2.75, 3.05) is 0 Å². The lowest BCUT2D eigenvalue weighted by Gasteiger charge is -2.05. The van der Waals surface area contributed by atoms with Gasteiger partial charge in [-0.1, -0.05) is 0 Å². The molecule has 86 valence electrons. The molecule has 0 aromatic carbocycles. The van der Waals surface area contributed by atoms with Gasteiger partial charge in [0.25, 0.3) is 0 Å². The summed E-state index contributed by atoms with van der Waals surface area (Å²) in [6, 6.07) is 5.43. The van der Waals surface area contributed by atoms with Crippen LogP contribution >= 0.6 is 15.9 Å². The zero-order valence-electron chi connectivity index (χ0n) is 9.09. The highest BCUT2D eigenvalue weighted by Gasteiger charge is 2.08. The van der Waals surface area contributed by atoms with Crippen molar-refractivity contribution in [3.8, 4) is 11.8 Å². The molecule has 0 bridgehead atoms. The first kappa shape index (κ1) is 11.6. The Morgan fingerprint density at radius 3 is 3.06 bits per heavy atom. The molecule has 0 aliphatic carbocycles. The first-order valence-electron chi connectivity index (χ1n) is 4.86. The number of aryl methyl sites for hydroxylation is 1. The molecule has 2 aromatic rings. The molecular formula is C11H9BrN4O. The van der Waals surface area contributed by atoms with Gasteiger partial charge in [-0.3, -0.25) is 4.68 Å². The Balaban J connectivity index is 2.13. The van der Waals surface area contributed by atoms with Crippen molar-refractivity contribution in [1.29, 1.82) is 5.26 Å². The minimum atomic E-state index is 0.285. The normalized spacial score (nSPS) is 9.94. The Morgan fingerprint density at radius 1 is 1.59 bits per heavy atom. The Bertz CT molecular complexity index is 573. The fourth-order valence-corrected chi connectivity index (χ4v) is 1.82. The Morgan fingerprint density at radius 2 is 2.41 bits per heavy atom. The van der Waals surface area contributed by atoms with Crippen LogP contribution in [0.25, 0.3) is 0 Å². The molecule has 0 atom stereocenters. The molecule has 0 fully saturated rings. The molecule has 17 heavy (non-hydrogen) atoms. The summed E-state index contributed by atoms with van der Waals surface area (Å²) in [5.74, 6) is 0.478. The second-order valence-corrected chi connectivity index (χ2v) is 4.12. The number of rotatable bonds is 3. The van der Waals surface area contributed by atoms with Gasteiger partial charge < -0.3 is 4.74 Å².